The Kier molecular flexibility index (Phi) is 6.13. The molecule has 0 saturated heterocycles. The van der Waals surface area contributed by atoms with E-state index in [0.29, 0.717) is 28.7 Å². The predicted molar refractivity (Wildman–Crippen MR) is 118 cm³/mol. The lowest BCUT2D eigenvalue weighted by Gasteiger charge is -2.12. The van der Waals surface area contributed by atoms with Crippen LogP contribution in [0.2, 0.25) is 0 Å². The average Bonchev–Trinajstić information content (AvgIpc) is 3.19. The van der Waals surface area contributed by atoms with Gasteiger partial charge in [0.1, 0.15) is 13.3 Å². The highest BCUT2D eigenvalue weighted by atomic mass is 19.1. The Balaban J connectivity index is 1.74. The molecule has 6 nitrogen and oxygen atoms in total. The SMILES string of the molecule is COC(=O)c1cccc2nc(OCCF)n(Cc3ccc(-c4ccccc4C#N)cc3)c12. The number of hydrogen-bond acceptors (Lipinski definition) is 5. The molecule has 0 aliphatic rings. The fourth-order valence-corrected chi connectivity index (χ4v) is 3.63. The van der Waals surface area contributed by atoms with E-state index >= 15 is 0 Å². The largest absolute Gasteiger partial charge is 0.465 e. The number of fused-ring (bicyclic) bond motifs is 1. The van der Waals surface area contributed by atoms with E-state index < -0.39 is 12.6 Å². The van der Waals surface area contributed by atoms with E-state index in [0.717, 1.165) is 16.7 Å². The summed E-state index contributed by atoms with van der Waals surface area (Å²) in [7, 11) is 1.32. The maximum atomic E-state index is 12.8. The standard InChI is InChI=1S/C25H20FN3O3/c1-31-24(30)21-7-4-8-22-23(21)29(25(28-22)32-14-13-26)16-17-9-11-18(12-10-17)20-6-3-2-5-19(20)15-27/h2-12H,13-14,16H2,1H3. The first-order chi connectivity index (χ1) is 15.7. The van der Waals surface area contributed by atoms with E-state index in [1.54, 1.807) is 28.8 Å². The van der Waals surface area contributed by atoms with Crippen LogP contribution in [0.1, 0.15) is 21.5 Å². The summed E-state index contributed by atoms with van der Waals surface area (Å²) in [5.74, 6) is -0.489. The van der Waals surface area contributed by atoms with Crippen LogP contribution < -0.4 is 4.74 Å². The van der Waals surface area contributed by atoms with Crippen LogP contribution in [0, 0.1) is 11.3 Å². The van der Waals surface area contributed by atoms with E-state index in [1.165, 1.54) is 7.11 Å². The van der Waals surface area contributed by atoms with Crippen LogP contribution in [0.3, 0.4) is 0 Å². The third kappa shape index (κ3) is 4.03. The van der Waals surface area contributed by atoms with Crippen molar-refractivity contribution >= 4 is 17.0 Å². The molecule has 0 N–H and O–H groups in total. The normalized spacial score (nSPS) is 10.7. The van der Waals surface area contributed by atoms with E-state index in [1.807, 2.05) is 42.5 Å². The van der Waals surface area contributed by atoms with Crippen molar-refractivity contribution in [3.63, 3.8) is 0 Å². The van der Waals surface area contributed by atoms with Crippen molar-refractivity contribution in [3.05, 3.63) is 83.4 Å². The minimum absolute atomic E-state index is 0.138. The monoisotopic (exact) mass is 429 g/mol. The predicted octanol–water partition coefficient (Wildman–Crippen LogP) is 4.76. The van der Waals surface area contributed by atoms with Gasteiger partial charge >= 0.3 is 5.97 Å². The second-order valence-electron chi connectivity index (χ2n) is 7.04. The maximum absolute atomic E-state index is 12.8. The second kappa shape index (κ2) is 9.31. The highest BCUT2D eigenvalue weighted by Gasteiger charge is 2.20. The Morgan fingerprint density at radius 2 is 1.88 bits per heavy atom. The number of methoxy groups -OCH3 is 1. The molecule has 7 heteroatoms. The lowest BCUT2D eigenvalue weighted by Crippen LogP contribution is -2.10. The van der Waals surface area contributed by atoms with Gasteiger partial charge in [-0.2, -0.15) is 10.2 Å². The van der Waals surface area contributed by atoms with Gasteiger partial charge in [-0.05, 0) is 34.9 Å². The molecular formula is C25H20FN3O3. The van der Waals surface area contributed by atoms with Gasteiger partial charge in [-0.25, -0.2) is 9.18 Å². The number of halogens is 1. The van der Waals surface area contributed by atoms with Crippen molar-refractivity contribution in [2.24, 2.45) is 0 Å². The van der Waals surface area contributed by atoms with Crippen molar-refractivity contribution in [3.8, 4) is 23.2 Å². The van der Waals surface area contributed by atoms with Gasteiger partial charge in [-0.3, -0.25) is 4.57 Å². The number of rotatable bonds is 7. The Bertz CT molecular complexity index is 1310. The molecular weight excluding hydrogens is 409 g/mol. The molecule has 4 rings (SSSR count). The number of benzene rings is 3. The van der Waals surface area contributed by atoms with Gasteiger partial charge in [0.25, 0.3) is 6.01 Å². The van der Waals surface area contributed by atoms with E-state index in [4.69, 9.17) is 9.47 Å². The third-order valence-electron chi connectivity index (χ3n) is 5.10. The van der Waals surface area contributed by atoms with Gasteiger partial charge in [-0.15, -0.1) is 0 Å². The summed E-state index contributed by atoms with van der Waals surface area (Å²) < 4.78 is 25.0. The van der Waals surface area contributed by atoms with Crippen LogP contribution in [0.4, 0.5) is 4.39 Å². The number of alkyl halides is 1. The molecule has 4 aromatic rings. The third-order valence-corrected chi connectivity index (χ3v) is 5.10. The molecule has 0 amide bonds. The van der Waals surface area contributed by atoms with Crippen LogP contribution in [0.25, 0.3) is 22.2 Å². The summed E-state index contributed by atoms with van der Waals surface area (Å²) in [6.45, 7) is -0.437. The smallest absolute Gasteiger partial charge is 0.340 e. The van der Waals surface area contributed by atoms with Crippen LogP contribution in [0.5, 0.6) is 6.01 Å². The molecule has 0 radical (unpaired) electrons. The summed E-state index contributed by atoms with van der Waals surface area (Å²) >= 11 is 0. The number of ether oxygens (including phenoxy) is 2. The molecule has 0 unspecified atom stereocenters. The quantitative estimate of drug-likeness (QED) is 0.396. The molecule has 0 aliphatic carbocycles. The number of nitrogens with zero attached hydrogens (tertiary/aromatic N) is 3. The number of aromatic nitrogens is 2. The van der Waals surface area contributed by atoms with Crippen LogP contribution in [-0.4, -0.2) is 35.9 Å². The minimum atomic E-state index is -0.653. The van der Waals surface area contributed by atoms with Gasteiger partial charge in [-0.1, -0.05) is 48.5 Å². The van der Waals surface area contributed by atoms with Crippen LogP contribution in [-0.2, 0) is 11.3 Å². The summed E-state index contributed by atoms with van der Waals surface area (Å²) in [5.41, 5.74) is 4.78. The van der Waals surface area contributed by atoms with Crippen molar-refractivity contribution in [1.29, 1.82) is 5.26 Å². The molecule has 1 aromatic heterocycles. The van der Waals surface area contributed by atoms with Crippen molar-refractivity contribution < 1.29 is 18.7 Å². The van der Waals surface area contributed by atoms with E-state index in [9.17, 15) is 14.4 Å². The number of imidazole rings is 1. The second-order valence-corrected chi connectivity index (χ2v) is 7.04. The molecule has 0 bridgehead atoms. The molecule has 1 heterocycles. The van der Waals surface area contributed by atoms with Crippen molar-refractivity contribution in [2.75, 3.05) is 20.4 Å². The first kappa shape index (κ1) is 21.1. The molecule has 3 aromatic carbocycles. The highest BCUT2D eigenvalue weighted by Crippen LogP contribution is 2.28. The Morgan fingerprint density at radius 3 is 2.59 bits per heavy atom. The van der Waals surface area contributed by atoms with Crippen molar-refractivity contribution in [1.82, 2.24) is 9.55 Å². The zero-order valence-electron chi connectivity index (χ0n) is 17.4. The average molecular weight is 429 g/mol. The molecule has 0 atom stereocenters. The van der Waals surface area contributed by atoms with Gasteiger partial charge in [0.05, 0.1) is 41.9 Å². The number of para-hydroxylation sites is 1. The molecule has 0 fully saturated rings. The summed E-state index contributed by atoms with van der Waals surface area (Å²) in [5, 5.41) is 9.36. The summed E-state index contributed by atoms with van der Waals surface area (Å²) in [6, 6.07) is 22.7. The molecule has 160 valence electrons. The summed E-state index contributed by atoms with van der Waals surface area (Å²) in [6.07, 6.45) is 0. The molecule has 0 aliphatic heterocycles. The van der Waals surface area contributed by atoms with Gasteiger partial charge in [0.2, 0.25) is 0 Å². The fourth-order valence-electron chi connectivity index (χ4n) is 3.63. The lowest BCUT2D eigenvalue weighted by atomic mass is 9.99. The first-order valence-corrected chi connectivity index (χ1v) is 10.0. The maximum Gasteiger partial charge on any atom is 0.340 e. The highest BCUT2D eigenvalue weighted by molar-refractivity contribution is 6.02. The lowest BCUT2D eigenvalue weighted by molar-refractivity contribution is 0.0602. The number of carbonyl (C=O) groups excluding carboxylic acids is 1. The zero-order valence-corrected chi connectivity index (χ0v) is 17.4. The minimum Gasteiger partial charge on any atom is -0.465 e. The van der Waals surface area contributed by atoms with Gasteiger partial charge in [0.15, 0.2) is 0 Å². The van der Waals surface area contributed by atoms with Crippen LogP contribution >= 0.6 is 0 Å². The molecule has 32 heavy (non-hydrogen) atoms. The topological polar surface area (TPSA) is 77.1 Å². The van der Waals surface area contributed by atoms with Gasteiger partial charge < -0.3 is 9.47 Å². The fraction of sp³-hybridized carbons (Fsp3) is 0.160. The summed E-state index contributed by atoms with van der Waals surface area (Å²) in [4.78, 5) is 16.8. The Labute approximate surface area is 184 Å². The number of carbonyl (C=O) groups is 1. The number of hydrogen-bond donors (Lipinski definition) is 0. The first-order valence-electron chi connectivity index (χ1n) is 10.0. The van der Waals surface area contributed by atoms with Crippen LogP contribution in [0.15, 0.2) is 66.7 Å². The molecule has 0 saturated carbocycles. The van der Waals surface area contributed by atoms with Crippen molar-refractivity contribution in [2.45, 2.75) is 6.54 Å². The Morgan fingerprint density at radius 1 is 1.09 bits per heavy atom. The number of esters is 1. The number of nitriles is 1. The molecule has 0 spiro atoms. The van der Waals surface area contributed by atoms with E-state index in [-0.39, 0.29) is 12.6 Å². The Hall–Kier alpha value is -4.18. The van der Waals surface area contributed by atoms with E-state index in [2.05, 4.69) is 11.1 Å². The zero-order chi connectivity index (χ0) is 22.5. The van der Waals surface area contributed by atoms with Gasteiger partial charge in [0, 0.05) is 0 Å².